The summed E-state index contributed by atoms with van der Waals surface area (Å²) in [5.74, 6) is 1.42. The Morgan fingerprint density at radius 1 is 1.15 bits per heavy atom. The van der Waals surface area contributed by atoms with Crippen molar-refractivity contribution in [3.05, 3.63) is 65.7 Å². The highest BCUT2D eigenvalue weighted by Gasteiger charge is 2.28. The largest absolute Gasteiger partial charge is 0.339 e. The maximum absolute atomic E-state index is 12.7. The van der Waals surface area contributed by atoms with Gasteiger partial charge in [0.2, 0.25) is 11.7 Å². The van der Waals surface area contributed by atoms with Gasteiger partial charge in [-0.2, -0.15) is 4.98 Å². The van der Waals surface area contributed by atoms with E-state index >= 15 is 0 Å². The summed E-state index contributed by atoms with van der Waals surface area (Å²) in [6.45, 7) is 3.38. The second kappa shape index (κ2) is 7.07. The number of pyridine rings is 1. The van der Waals surface area contributed by atoms with Crippen LogP contribution in [-0.4, -0.2) is 39.0 Å². The topological polar surface area (TPSA) is 72.1 Å². The fourth-order valence-corrected chi connectivity index (χ4v) is 3.29. The van der Waals surface area contributed by atoms with Crippen molar-refractivity contribution in [1.29, 1.82) is 0 Å². The number of aryl methyl sites for hydroxylation is 1. The van der Waals surface area contributed by atoms with E-state index in [1.807, 2.05) is 54.3 Å². The summed E-state index contributed by atoms with van der Waals surface area (Å²) in [5.41, 5.74) is 2.55. The zero-order valence-corrected chi connectivity index (χ0v) is 14.6. The summed E-state index contributed by atoms with van der Waals surface area (Å²) in [7, 11) is 0. The van der Waals surface area contributed by atoms with E-state index in [4.69, 9.17) is 4.52 Å². The van der Waals surface area contributed by atoms with Crippen LogP contribution in [0.15, 0.2) is 53.2 Å². The first kappa shape index (κ1) is 16.4. The minimum absolute atomic E-state index is 0.0897. The smallest absolute Gasteiger partial charge is 0.253 e. The molecular weight excluding hydrogens is 328 g/mol. The molecule has 1 fully saturated rings. The van der Waals surface area contributed by atoms with Crippen molar-refractivity contribution in [2.75, 3.05) is 13.1 Å². The van der Waals surface area contributed by atoms with Crippen LogP contribution in [0, 0.1) is 6.92 Å². The van der Waals surface area contributed by atoms with Crippen molar-refractivity contribution < 1.29 is 9.32 Å². The van der Waals surface area contributed by atoms with Crippen molar-refractivity contribution in [1.82, 2.24) is 20.0 Å². The Morgan fingerprint density at radius 2 is 2.00 bits per heavy atom. The Kier molecular flexibility index (Phi) is 4.48. The fraction of sp³-hybridized carbons (Fsp3) is 0.300. The lowest BCUT2D eigenvalue weighted by Crippen LogP contribution is -2.38. The molecule has 4 rings (SSSR count). The molecule has 0 N–H and O–H groups in total. The lowest BCUT2D eigenvalue weighted by Gasteiger charge is -2.30. The fourth-order valence-electron chi connectivity index (χ4n) is 3.29. The van der Waals surface area contributed by atoms with Gasteiger partial charge in [0.25, 0.3) is 5.91 Å². The number of nitrogens with zero attached hydrogens (tertiary/aromatic N) is 4. The molecule has 132 valence electrons. The van der Waals surface area contributed by atoms with Gasteiger partial charge in [0.05, 0.1) is 0 Å². The van der Waals surface area contributed by atoms with Gasteiger partial charge in [-0.15, -0.1) is 0 Å². The molecule has 0 radical (unpaired) electrons. The van der Waals surface area contributed by atoms with Gasteiger partial charge in [0.1, 0.15) is 5.69 Å². The van der Waals surface area contributed by atoms with Gasteiger partial charge in [0, 0.05) is 30.8 Å². The third-order valence-corrected chi connectivity index (χ3v) is 4.73. The standard InChI is InChI=1S/C20H20N4O2/c1-14-5-4-6-16(13-14)20(25)24-11-8-15(9-12-24)19-22-18(23-26-19)17-7-2-3-10-21-17/h2-7,10,13,15H,8-9,11-12H2,1H3. The van der Waals surface area contributed by atoms with E-state index in [2.05, 4.69) is 15.1 Å². The molecule has 26 heavy (non-hydrogen) atoms. The normalized spacial score (nSPS) is 15.2. The molecular formula is C20H20N4O2. The predicted octanol–water partition coefficient (Wildman–Crippen LogP) is 3.46. The van der Waals surface area contributed by atoms with Crippen LogP contribution >= 0.6 is 0 Å². The van der Waals surface area contributed by atoms with E-state index < -0.39 is 0 Å². The number of rotatable bonds is 3. The maximum atomic E-state index is 12.7. The van der Waals surface area contributed by atoms with Gasteiger partial charge in [-0.3, -0.25) is 9.78 Å². The van der Waals surface area contributed by atoms with Crippen LogP contribution in [0.3, 0.4) is 0 Å². The highest BCUT2D eigenvalue weighted by Crippen LogP contribution is 2.28. The quantitative estimate of drug-likeness (QED) is 0.725. The van der Waals surface area contributed by atoms with Gasteiger partial charge in [0.15, 0.2) is 0 Å². The summed E-state index contributed by atoms with van der Waals surface area (Å²) in [6.07, 6.45) is 3.35. The minimum Gasteiger partial charge on any atom is -0.339 e. The second-order valence-corrected chi connectivity index (χ2v) is 6.61. The first-order valence-corrected chi connectivity index (χ1v) is 8.81. The van der Waals surface area contributed by atoms with Crippen LogP contribution in [0.25, 0.3) is 11.5 Å². The molecule has 1 amide bonds. The van der Waals surface area contributed by atoms with Gasteiger partial charge >= 0.3 is 0 Å². The lowest BCUT2D eigenvalue weighted by molar-refractivity contribution is 0.0704. The summed E-state index contributed by atoms with van der Waals surface area (Å²) < 4.78 is 5.45. The number of benzene rings is 1. The summed E-state index contributed by atoms with van der Waals surface area (Å²) in [5, 5.41) is 4.04. The summed E-state index contributed by atoms with van der Waals surface area (Å²) in [6, 6.07) is 13.3. The monoisotopic (exact) mass is 348 g/mol. The van der Waals surface area contributed by atoms with E-state index in [9.17, 15) is 4.79 Å². The number of carbonyl (C=O) groups is 1. The third kappa shape index (κ3) is 3.35. The number of hydrogen-bond donors (Lipinski definition) is 0. The van der Waals surface area contributed by atoms with Crippen molar-refractivity contribution >= 4 is 5.91 Å². The van der Waals surface area contributed by atoms with E-state index in [0.717, 1.165) is 24.0 Å². The van der Waals surface area contributed by atoms with Gasteiger partial charge in [-0.05, 0) is 44.0 Å². The van der Waals surface area contributed by atoms with Crippen LogP contribution in [0.5, 0.6) is 0 Å². The maximum Gasteiger partial charge on any atom is 0.253 e. The highest BCUT2D eigenvalue weighted by molar-refractivity contribution is 5.94. The highest BCUT2D eigenvalue weighted by atomic mass is 16.5. The second-order valence-electron chi connectivity index (χ2n) is 6.61. The molecule has 3 aromatic rings. The Hall–Kier alpha value is -3.02. The Bertz CT molecular complexity index is 899. The number of carbonyl (C=O) groups excluding carboxylic acids is 1. The van der Waals surface area contributed by atoms with Crippen molar-refractivity contribution in [3.63, 3.8) is 0 Å². The Morgan fingerprint density at radius 3 is 2.73 bits per heavy atom. The molecule has 2 aromatic heterocycles. The number of likely N-dealkylation sites (tertiary alicyclic amines) is 1. The van der Waals surface area contributed by atoms with Crippen LogP contribution in [-0.2, 0) is 0 Å². The van der Waals surface area contributed by atoms with E-state index in [0.29, 0.717) is 30.5 Å². The van der Waals surface area contributed by atoms with Crippen molar-refractivity contribution in [3.8, 4) is 11.5 Å². The van der Waals surface area contributed by atoms with Gasteiger partial charge in [-0.1, -0.05) is 28.9 Å². The zero-order chi connectivity index (χ0) is 17.9. The number of hydrogen-bond acceptors (Lipinski definition) is 5. The third-order valence-electron chi connectivity index (χ3n) is 4.73. The van der Waals surface area contributed by atoms with Crippen LogP contribution in [0.1, 0.15) is 40.6 Å². The van der Waals surface area contributed by atoms with E-state index in [1.165, 1.54) is 0 Å². The molecule has 0 spiro atoms. The SMILES string of the molecule is Cc1cccc(C(=O)N2CCC(c3nc(-c4ccccn4)no3)CC2)c1. The molecule has 0 saturated carbocycles. The zero-order valence-electron chi connectivity index (χ0n) is 14.6. The molecule has 0 bridgehead atoms. The molecule has 0 atom stereocenters. The summed E-state index contributed by atoms with van der Waals surface area (Å²) >= 11 is 0. The number of piperidine rings is 1. The molecule has 3 heterocycles. The van der Waals surface area contributed by atoms with Gasteiger partial charge < -0.3 is 9.42 Å². The first-order valence-electron chi connectivity index (χ1n) is 8.81. The average Bonchev–Trinajstić information content (AvgIpc) is 3.18. The van der Waals surface area contributed by atoms with Crippen LogP contribution < -0.4 is 0 Å². The number of aromatic nitrogens is 3. The summed E-state index contributed by atoms with van der Waals surface area (Å²) in [4.78, 5) is 23.3. The van der Waals surface area contributed by atoms with E-state index in [-0.39, 0.29) is 11.8 Å². The Balaban J connectivity index is 1.41. The molecule has 1 aromatic carbocycles. The van der Waals surface area contributed by atoms with Crippen molar-refractivity contribution in [2.45, 2.75) is 25.7 Å². The Labute approximate surface area is 151 Å². The molecule has 0 unspecified atom stereocenters. The molecule has 6 heteroatoms. The van der Waals surface area contributed by atoms with Crippen LogP contribution in [0.2, 0.25) is 0 Å². The minimum atomic E-state index is 0.0897. The molecule has 1 saturated heterocycles. The van der Waals surface area contributed by atoms with Crippen LogP contribution in [0.4, 0.5) is 0 Å². The van der Waals surface area contributed by atoms with Crippen molar-refractivity contribution in [2.24, 2.45) is 0 Å². The van der Waals surface area contributed by atoms with E-state index in [1.54, 1.807) is 6.20 Å². The number of amides is 1. The molecule has 6 nitrogen and oxygen atoms in total. The molecule has 1 aliphatic heterocycles. The average molecular weight is 348 g/mol. The molecule has 0 aliphatic carbocycles. The predicted molar refractivity (Wildman–Crippen MR) is 96.6 cm³/mol. The molecule has 1 aliphatic rings. The van der Waals surface area contributed by atoms with Gasteiger partial charge in [-0.25, -0.2) is 0 Å². The lowest BCUT2D eigenvalue weighted by atomic mass is 9.96. The first-order chi connectivity index (χ1) is 12.7.